The SMILES string of the molecule is CN(C(=O)c1ccc(C(N)=S)cn1)C1CCOCC1. The summed E-state index contributed by atoms with van der Waals surface area (Å²) in [7, 11) is 1.81. The van der Waals surface area contributed by atoms with Crippen LogP contribution in [-0.2, 0) is 4.74 Å². The molecule has 0 spiro atoms. The third-order valence-corrected chi connectivity index (χ3v) is 3.56. The Hall–Kier alpha value is -1.53. The Morgan fingerprint density at radius 2 is 2.16 bits per heavy atom. The molecule has 1 aromatic heterocycles. The van der Waals surface area contributed by atoms with Crippen LogP contribution >= 0.6 is 12.2 Å². The summed E-state index contributed by atoms with van der Waals surface area (Å²) in [4.78, 5) is 18.4. The van der Waals surface area contributed by atoms with Crippen LogP contribution in [0.25, 0.3) is 0 Å². The van der Waals surface area contributed by atoms with Gasteiger partial charge >= 0.3 is 0 Å². The van der Waals surface area contributed by atoms with Crippen molar-refractivity contribution in [3.8, 4) is 0 Å². The van der Waals surface area contributed by atoms with Crippen LogP contribution in [0, 0.1) is 0 Å². The van der Waals surface area contributed by atoms with E-state index in [0.29, 0.717) is 24.5 Å². The van der Waals surface area contributed by atoms with E-state index in [1.165, 1.54) is 6.20 Å². The summed E-state index contributed by atoms with van der Waals surface area (Å²) in [6, 6.07) is 3.60. The summed E-state index contributed by atoms with van der Waals surface area (Å²) in [6.45, 7) is 1.41. The molecule has 0 atom stereocenters. The Balaban J connectivity index is 2.07. The van der Waals surface area contributed by atoms with Crippen LogP contribution < -0.4 is 5.73 Å². The van der Waals surface area contributed by atoms with E-state index in [1.54, 1.807) is 17.0 Å². The molecule has 1 fully saturated rings. The molecule has 2 heterocycles. The van der Waals surface area contributed by atoms with Crippen LogP contribution in [0.1, 0.15) is 28.9 Å². The number of carbonyl (C=O) groups excluding carboxylic acids is 1. The molecule has 0 unspecified atom stereocenters. The highest BCUT2D eigenvalue weighted by molar-refractivity contribution is 7.80. The number of pyridine rings is 1. The molecular formula is C13H17N3O2S. The third-order valence-electron chi connectivity index (χ3n) is 3.33. The molecule has 102 valence electrons. The molecule has 2 rings (SSSR count). The van der Waals surface area contributed by atoms with Crippen molar-refractivity contribution in [1.82, 2.24) is 9.88 Å². The van der Waals surface area contributed by atoms with Gasteiger partial charge in [0.15, 0.2) is 0 Å². The van der Waals surface area contributed by atoms with Gasteiger partial charge in [-0.25, -0.2) is 0 Å². The maximum Gasteiger partial charge on any atom is 0.272 e. The second kappa shape index (κ2) is 6.08. The first-order valence-electron chi connectivity index (χ1n) is 6.20. The second-order valence-electron chi connectivity index (χ2n) is 4.56. The Bertz CT molecular complexity index is 469. The molecule has 0 aromatic carbocycles. The monoisotopic (exact) mass is 279 g/mol. The van der Waals surface area contributed by atoms with Crippen molar-refractivity contribution in [3.63, 3.8) is 0 Å². The highest BCUT2D eigenvalue weighted by Crippen LogP contribution is 2.15. The first kappa shape index (κ1) is 13.9. The van der Waals surface area contributed by atoms with Crippen molar-refractivity contribution in [3.05, 3.63) is 29.6 Å². The summed E-state index contributed by atoms with van der Waals surface area (Å²) in [6.07, 6.45) is 3.27. The number of nitrogens with zero attached hydrogens (tertiary/aromatic N) is 2. The van der Waals surface area contributed by atoms with Gasteiger partial charge in [-0.05, 0) is 25.0 Å². The molecule has 0 radical (unpaired) electrons. The van der Waals surface area contributed by atoms with Crippen molar-refractivity contribution in [2.45, 2.75) is 18.9 Å². The lowest BCUT2D eigenvalue weighted by Gasteiger charge is -2.31. The minimum Gasteiger partial charge on any atom is -0.389 e. The van der Waals surface area contributed by atoms with E-state index >= 15 is 0 Å². The number of ether oxygens (including phenoxy) is 1. The number of rotatable bonds is 3. The number of nitrogens with two attached hydrogens (primary N) is 1. The second-order valence-corrected chi connectivity index (χ2v) is 5.00. The Morgan fingerprint density at radius 3 is 2.68 bits per heavy atom. The number of hydrogen-bond donors (Lipinski definition) is 1. The molecule has 1 aliphatic rings. The third kappa shape index (κ3) is 3.27. The zero-order valence-corrected chi connectivity index (χ0v) is 11.7. The summed E-state index contributed by atoms with van der Waals surface area (Å²) in [5, 5.41) is 0. The predicted molar refractivity (Wildman–Crippen MR) is 76.1 cm³/mol. The van der Waals surface area contributed by atoms with E-state index < -0.39 is 0 Å². The lowest BCUT2D eigenvalue weighted by Crippen LogP contribution is -2.40. The van der Waals surface area contributed by atoms with Crippen LogP contribution in [0.4, 0.5) is 0 Å². The van der Waals surface area contributed by atoms with Crippen LogP contribution in [0.2, 0.25) is 0 Å². The summed E-state index contributed by atoms with van der Waals surface area (Å²) in [5.74, 6) is -0.0820. The molecule has 1 saturated heterocycles. The highest BCUT2D eigenvalue weighted by Gasteiger charge is 2.23. The maximum atomic E-state index is 12.3. The van der Waals surface area contributed by atoms with Gasteiger partial charge in [0.05, 0.1) is 0 Å². The lowest BCUT2D eigenvalue weighted by atomic mass is 10.1. The molecule has 1 amide bonds. The van der Waals surface area contributed by atoms with Gasteiger partial charge in [0, 0.05) is 38.1 Å². The van der Waals surface area contributed by atoms with Crippen LogP contribution in [0.5, 0.6) is 0 Å². The van der Waals surface area contributed by atoms with Gasteiger partial charge in [-0.2, -0.15) is 0 Å². The Morgan fingerprint density at radius 1 is 1.47 bits per heavy atom. The maximum absolute atomic E-state index is 12.3. The van der Waals surface area contributed by atoms with E-state index in [0.717, 1.165) is 12.8 Å². The van der Waals surface area contributed by atoms with Gasteiger partial charge in [-0.15, -0.1) is 0 Å². The number of thiocarbonyl (C=S) groups is 1. The molecule has 6 heteroatoms. The molecule has 19 heavy (non-hydrogen) atoms. The lowest BCUT2D eigenvalue weighted by molar-refractivity contribution is 0.0359. The van der Waals surface area contributed by atoms with Crippen molar-refractivity contribution >= 4 is 23.1 Å². The molecular weight excluding hydrogens is 262 g/mol. The smallest absolute Gasteiger partial charge is 0.272 e. The summed E-state index contributed by atoms with van der Waals surface area (Å²) in [5.41, 5.74) is 6.58. The predicted octanol–water partition coefficient (Wildman–Crippen LogP) is 0.967. The Labute approximate surface area is 117 Å². The minimum atomic E-state index is -0.0820. The highest BCUT2D eigenvalue weighted by atomic mass is 32.1. The molecule has 0 bridgehead atoms. The van der Waals surface area contributed by atoms with Crippen molar-refractivity contribution in [1.29, 1.82) is 0 Å². The standard InChI is InChI=1S/C13H17N3O2S/c1-16(10-4-6-18-7-5-10)13(17)11-3-2-9(8-15-11)12(14)19/h2-3,8,10H,4-7H2,1H3,(H2,14,19). The molecule has 5 nitrogen and oxygen atoms in total. The number of aromatic nitrogens is 1. The average Bonchev–Trinajstić information content (AvgIpc) is 2.46. The normalized spacial score (nSPS) is 16.1. The van der Waals surface area contributed by atoms with Crippen molar-refractivity contribution < 1.29 is 9.53 Å². The van der Waals surface area contributed by atoms with Gasteiger partial charge in [-0.1, -0.05) is 12.2 Å². The van der Waals surface area contributed by atoms with Gasteiger partial charge in [0.1, 0.15) is 10.7 Å². The molecule has 1 aliphatic heterocycles. The quantitative estimate of drug-likeness (QED) is 0.835. The minimum absolute atomic E-state index is 0.0820. The van der Waals surface area contributed by atoms with Crippen molar-refractivity contribution in [2.24, 2.45) is 5.73 Å². The summed E-state index contributed by atoms with van der Waals surface area (Å²) >= 11 is 4.85. The average molecular weight is 279 g/mol. The van der Waals surface area contributed by atoms with E-state index in [-0.39, 0.29) is 16.9 Å². The fourth-order valence-electron chi connectivity index (χ4n) is 2.09. The fourth-order valence-corrected chi connectivity index (χ4v) is 2.21. The first-order valence-corrected chi connectivity index (χ1v) is 6.61. The zero-order valence-electron chi connectivity index (χ0n) is 10.8. The number of hydrogen-bond acceptors (Lipinski definition) is 4. The van der Waals surface area contributed by atoms with Crippen LogP contribution in [0.3, 0.4) is 0 Å². The van der Waals surface area contributed by atoms with Gasteiger partial charge in [0.25, 0.3) is 5.91 Å². The van der Waals surface area contributed by atoms with Gasteiger partial charge in [0.2, 0.25) is 0 Å². The number of amides is 1. The molecule has 2 N–H and O–H groups in total. The first-order chi connectivity index (χ1) is 9.09. The Kier molecular flexibility index (Phi) is 4.44. The summed E-state index contributed by atoms with van der Waals surface area (Å²) < 4.78 is 5.30. The zero-order chi connectivity index (χ0) is 13.8. The van der Waals surface area contributed by atoms with Crippen LogP contribution in [0.15, 0.2) is 18.3 Å². The van der Waals surface area contributed by atoms with Crippen molar-refractivity contribution in [2.75, 3.05) is 20.3 Å². The van der Waals surface area contributed by atoms with Gasteiger partial charge in [-0.3, -0.25) is 9.78 Å². The van der Waals surface area contributed by atoms with E-state index in [2.05, 4.69) is 4.98 Å². The van der Waals surface area contributed by atoms with Gasteiger partial charge < -0.3 is 15.4 Å². The largest absolute Gasteiger partial charge is 0.389 e. The van der Waals surface area contributed by atoms with E-state index in [4.69, 9.17) is 22.7 Å². The fraction of sp³-hybridized carbons (Fsp3) is 0.462. The van der Waals surface area contributed by atoms with Crippen LogP contribution in [-0.4, -0.2) is 47.1 Å². The van der Waals surface area contributed by atoms with E-state index in [1.807, 2.05) is 7.05 Å². The number of carbonyl (C=O) groups is 1. The molecule has 1 aromatic rings. The molecule has 0 saturated carbocycles. The topological polar surface area (TPSA) is 68.5 Å². The van der Waals surface area contributed by atoms with E-state index in [9.17, 15) is 4.79 Å². The molecule has 0 aliphatic carbocycles.